The minimum atomic E-state index is -1.01. The van der Waals surface area contributed by atoms with Crippen molar-refractivity contribution in [3.8, 4) is 11.1 Å². The van der Waals surface area contributed by atoms with E-state index in [9.17, 15) is 9.59 Å². The van der Waals surface area contributed by atoms with E-state index in [1.54, 1.807) is 30.5 Å². The molecule has 0 amide bonds. The SMILES string of the molecule is O=C(O)Cn1cc(-c2ccccc2Cl)c2c(=O)[nH]cnc21. The van der Waals surface area contributed by atoms with Gasteiger partial charge in [-0.2, -0.15) is 0 Å². The second kappa shape index (κ2) is 5.06. The van der Waals surface area contributed by atoms with E-state index < -0.39 is 5.97 Å². The van der Waals surface area contributed by atoms with Crippen LogP contribution in [0.25, 0.3) is 22.2 Å². The molecule has 0 saturated heterocycles. The number of fused-ring (bicyclic) bond motifs is 1. The number of benzene rings is 1. The average Bonchev–Trinajstić information content (AvgIpc) is 2.79. The van der Waals surface area contributed by atoms with Crippen LogP contribution >= 0.6 is 11.6 Å². The Morgan fingerprint density at radius 2 is 2.10 bits per heavy atom. The van der Waals surface area contributed by atoms with Gasteiger partial charge in [0.15, 0.2) is 0 Å². The van der Waals surface area contributed by atoms with Crippen molar-refractivity contribution >= 4 is 28.6 Å². The predicted octanol–water partition coefficient (Wildman–Crippen LogP) is 2.13. The van der Waals surface area contributed by atoms with Gasteiger partial charge in [-0.25, -0.2) is 4.98 Å². The number of carboxylic acids is 1. The van der Waals surface area contributed by atoms with Crippen LogP contribution in [0, 0.1) is 0 Å². The number of aliphatic carboxylic acids is 1. The minimum Gasteiger partial charge on any atom is -0.480 e. The van der Waals surface area contributed by atoms with Gasteiger partial charge in [0, 0.05) is 22.3 Å². The minimum absolute atomic E-state index is 0.280. The van der Waals surface area contributed by atoms with Crippen molar-refractivity contribution in [1.82, 2.24) is 14.5 Å². The molecular weight excluding hydrogens is 294 g/mol. The smallest absolute Gasteiger partial charge is 0.323 e. The third-order valence-electron chi connectivity index (χ3n) is 3.13. The largest absolute Gasteiger partial charge is 0.480 e. The Labute approximate surface area is 123 Å². The van der Waals surface area contributed by atoms with Gasteiger partial charge in [-0.15, -0.1) is 0 Å². The van der Waals surface area contributed by atoms with Gasteiger partial charge in [-0.3, -0.25) is 9.59 Å². The molecule has 0 aliphatic heterocycles. The molecule has 0 saturated carbocycles. The first-order chi connectivity index (χ1) is 10.1. The van der Waals surface area contributed by atoms with Crippen LogP contribution in [0.1, 0.15) is 0 Å². The van der Waals surface area contributed by atoms with Gasteiger partial charge in [0.25, 0.3) is 5.56 Å². The van der Waals surface area contributed by atoms with Crippen LogP contribution in [0.15, 0.2) is 41.6 Å². The molecule has 2 heterocycles. The van der Waals surface area contributed by atoms with Gasteiger partial charge < -0.3 is 14.7 Å². The molecule has 0 aliphatic carbocycles. The van der Waals surface area contributed by atoms with E-state index in [2.05, 4.69) is 9.97 Å². The highest BCUT2D eigenvalue weighted by Crippen LogP contribution is 2.32. The zero-order valence-corrected chi connectivity index (χ0v) is 11.5. The normalized spacial score (nSPS) is 10.9. The van der Waals surface area contributed by atoms with E-state index in [4.69, 9.17) is 16.7 Å². The van der Waals surface area contributed by atoms with Crippen molar-refractivity contribution in [1.29, 1.82) is 0 Å². The summed E-state index contributed by atoms with van der Waals surface area (Å²) in [6.45, 7) is -0.280. The molecule has 7 heteroatoms. The van der Waals surface area contributed by atoms with Crippen LogP contribution in [0.2, 0.25) is 5.02 Å². The number of carbonyl (C=O) groups is 1. The molecule has 2 N–H and O–H groups in total. The van der Waals surface area contributed by atoms with Gasteiger partial charge in [0.2, 0.25) is 0 Å². The van der Waals surface area contributed by atoms with E-state index in [1.807, 2.05) is 0 Å². The fraction of sp³-hybridized carbons (Fsp3) is 0.0714. The zero-order valence-electron chi connectivity index (χ0n) is 10.7. The Morgan fingerprint density at radius 1 is 1.33 bits per heavy atom. The molecule has 0 aliphatic rings. The lowest BCUT2D eigenvalue weighted by molar-refractivity contribution is -0.137. The highest BCUT2D eigenvalue weighted by molar-refractivity contribution is 6.33. The molecule has 0 radical (unpaired) electrons. The van der Waals surface area contributed by atoms with E-state index in [0.717, 1.165) is 0 Å². The molecule has 2 aromatic heterocycles. The quantitative estimate of drug-likeness (QED) is 0.776. The number of nitrogens with one attached hydrogen (secondary N) is 1. The first-order valence-corrected chi connectivity index (χ1v) is 6.49. The summed E-state index contributed by atoms with van der Waals surface area (Å²) < 4.78 is 1.42. The van der Waals surface area contributed by atoms with Crippen LogP contribution in [0.4, 0.5) is 0 Å². The Balaban J connectivity index is 2.36. The van der Waals surface area contributed by atoms with E-state index >= 15 is 0 Å². The Kier molecular flexibility index (Phi) is 3.23. The second-order valence-corrected chi connectivity index (χ2v) is 4.88. The first kappa shape index (κ1) is 13.4. The number of hydrogen-bond acceptors (Lipinski definition) is 3. The summed E-state index contributed by atoms with van der Waals surface area (Å²) in [6, 6.07) is 7.06. The summed E-state index contributed by atoms with van der Waals surface area (Å²) in [4.78, 5) is 29.6. The highest BCUT2D eigenvalue weighted by Gasteiger charge is 2.17. The van der Waals surface area contributed by atoms with E-state index in [0.29, 0.717) is 27.2 Å². The average molecular weight is 304 g/mol. The standard InChI is InChI=1S/C14H10ClN3O3/c15-10-4-2-1-3-8(10)9-5-18(6-11(19)20)13-12(9)14(21)17-7-16-13/h1-5,7H,6H2,(H,19,20)(H,16,17,21). The van der Waals surface area contributed by atoms with Crippen molar-refractivity contribution in [3.63, 3.8) is 0 Å². The molecule has 3 aromatic rings. The lowest BCUT2D eigenvalue weighted by atomic mass is 10.1. The molecule has 3 rings (SSSR count). The van der Waals surface area contributed by atoms with Gasteiger partial charge >= 0.3 is 5.97 Å². The van der Waals surface area contributed by atoms with E-state index in [1.165, 1.54) is 10.9 Å². The predicted molar refractivity (Wildman–Crippen MR) is 78.4 cm³/mol. The molecule has 0 fully saturated rings. The van der Waals surface area contributed by atoms with Crippen molar-refractivity contribution in [3.05, 3.63) is 52.2 Å². The summed E-state index contributed by atoms with van der Waals surface area (Å²) in [5.41, 5.74) is 1.20. The maximum Gasteiger partial charge on any atom is 0.323 e. The van der Waals surface area contributed by atoms with Crippen molar-refractivity contribution in [2.45, 2.75) is 6.54 Å². The second-order valence-electron chi connectivity index (χ2n) is 4.47. The number of aromatic nitrogens is 3. The summed E-state index contributed by atoms with van der Waals surface area (Å²) in [5.74, 6) is -1.01. The number of rotatable bonds is 3. The van der Waals surface area contributed by atoms with Crippen LogP contribution in [-0.2, 0) is 11.3 Å². The molecule has 0 unspecified atom stereocenters. The fourth-order valence-corrected chi connectivity index (χ4v) is 2.52. The van der Waals surface area contributed by atoms with Crippen LogP contribution in [-0.4, -0.2) is 25.6 Å². The van der Waals surface area contributed by atoms with Gasteiger partial charge in [0.05, 0.1) is 11.7 Å². The van der Waals surface area contributed by atoms with E-state index in [-0.39, 0.29) is 12.1 Å². The van der Waals surface area contributed by atoms with Gasteiger partial charge in [0.1, 0.15) is 12.2 Å². The monoisotopic (exact) mass is 303 g/mol. The van der Waals surface area contributed by atoms with Gasteiger partial charge in [-0.05, 0) is 6.07 Å². The van der Waals surface area contributed by atoms with Crippen molar-refractivity contribution < 1.29 is 9.90 Å². The molecule has 1 aromatic carbocycles. The molecule has 0 bridgehead atoms. The number of nitrogens with zero attached hydrogens (tertiary/aromatic N) is 2. The molecule has 0 atom stereocenters. The lowest BCUT2D eigenvalue weighted by Crippen LogP contribution is -2.10. The number of halogens is 1. The third-order valence-corrected chi connectivity index (χ3v) is 3.46. The summed E-state index contributed by atoms with van der Waals surface area (Å²) >= 11 is 6.17. The van der Waals surface area contributed by atoms with Crippen LogP contribution in [0.5, 0.6) is 0 Å². The van der Waals surface area contributed by atoms with Crippen molar-refractivity contribution in [2.24, 2.45) is 0 Å². The highest BCUT2D eigenvalue weighted by atomic mass is 35.5. The Bertz CT molecular complexity index is 898. The first-order valence-electron chi connectivity index (χ1n) is 6.11. The van der Waals surface area contributed by atoms with Gasteiger partial charge in [-0.1, -0.05) is 29.8 Å². The van der Waals surface area contributed by atoms with Crippen molar-refractivity contribution in [2.75, 3.05) is 0 Å². The molecule has 106 valence electrons. The number of carboxylic acid groups (broad SMARTS) is 1. The number of aromatic amines is 1. The maximum absolute atomic E-state index is 12.1. The Morgan fingerprint density at radius 3 is 2.81 bits per heavy atom. The molecule has 21 heavy (non-hydrogen) atoms. The van der Waals surface area contributed by atoms with Crippen LogP contribution < -0.4 is 5.56 Å². The Hall–Kier alpha value is -2.60. The molecular formula is C14H10ClN3O3. The topological polar surface area (TPSA) is 88.0 Å². The zero-order chi connectivity index (χ0) is 15.0. The third kappa shape index (κ3) is 2.30. The number of hydrogen-bond donors (Lipinski definition) is 2. The maximum atomic E-state index is 12.1. The summed E-state index contributed by atoms with van der Waals surface area (Å²) in [5, 5.41) is 9.78. The fourth-order valence-electron chi connectivity index (χ4n) is 2.28. The van der Waals surface area contributed by atoms with Crippen LogP contribution in [0.3, 0.4) is 0 Å². The molecule has 6 nitrogen and oxygen atoms in total. The summed E-state index contributed by atoms with van der Waals surface area (Å²) in [7, 11) is 0. The number of H-pyrrole nitrogens is 1. The molecule has 0 spiro atoms. The lowest BCUT2D eigenvalue weighted by Gasteiger charge is -2.01. The summed E-state index contributed by atoms with van der Waals surface area (Å²) in [6.07, 6.45) is 2.83.